The quantitative estimate of drug-likeness (QED) is 0.421. The van der Waals surface area contributed by atoms with E-state index in [1.807, 2.05) is 29.8 Å². The Bertz CT molecular complexity index is 1030. The topological polar surface area (TPSA) is 51.7 Å². The van der Waals surface area contributed by atoms with E-state index in [1.54, 1.807) is 38.1 Å². The van der Waals surface area contributed by atoms with E-state index in [-0.39, 0.29) is 5.91 Å². The van der Waals surface area contributed by atoms with Gasteiger partial charge in [-0.2, -0.15) is 0 Å². The molecule has 0 saturated carbocycles. The Labute approximate surface area is 181 Å². The molecule has 1 amide bonds. The number of rotatable bonds is 6. The normalized spacial score (nSPS) is 12.1. The van der Waals surface area contributed by atoms with E-state index in [0.29, 0.717) is 21.7 Å². The third kappa shape index (κ3) is 5.10. The number of thiazole rings is 1. The fraction of sp³-hybridized carbons (Fsp3) is 0.333. The number of likely N-dealkylation sites (N-methyl/N-ethyl adjacent to an activating group) is 1. The van der Waals surface area contributed by atoms with Crippen molar-refractivity contribution in [3.8, 4) is 16.7 Å². The Morgan fingerprint density at radius 2 is 1.72 bits per heavy atom. The predicted molar refractivity (Wildman–Crippen MR) is 122 cm³/mol. The second kappa shape index (κ2) is 7.97. The van der Waals surface area contributed by atoms with Gasteiger partial charge >= 0.3 is 0 Å². The minimum atomic E-state index is -1.75. The van der Waals surface area contributed by atoms with Gasteiger partial charge in [0, 0.05) is 12.1 Å². The van der Waals surface area contributed by atoms with Gasteiger partial charge < -0.3 is 14.0 Å². The highest BCUT2D eigenvalue weighted by atomic mass is 35.5. The molecule has 1 aromatic heterocycles. The highest BCUT2D eigenvalue weighted by Crippen LogP contribution is 2.33. The van der Waals surface area contributed by atoms with Gasteiger partial charge in [0.2, 0.25) is 0 Å². The first-order valence-electron chi connectivity index (χ1n) is 9.27. The van der Waals surface area contributed by atoms with Gasteiger partial charge in [0.15, 0.2) is 13.8 Å². The molecule has 0 N–H and O–H groups in total. The van der Waals surface area contributed by atoms with Crippen molar-refractivity contribution in [2.75, 3.05) is 7.05 Å². The van der Waals surface area contributed by atoms with Crippen molar-refractivity contribution >= 4 is 47.3 Å². The number of aromatic nitrogens is 1. The number of halogens is 1. The molecular weight excluding hydrogens is 424 g/mol. The third-order valence-corrected chi connectivity index (χ3v) is 7.91. The maximum atomic E-state index is 12.8. The van der Waals surface area contributed by atoms with E-state index in [0.717, 1.165) is 10.2 Å². The van der Waals surface area contributed by atoms with Crippen LogP contribution in [0.3, 0.4) is 0 Å². The monoisotopic (exact) mass is 448 g/mol. The molecule has 0 bridgehead atoms. The van der Waals surface area contributed by atoms with Crippen LogP contribution in [0.2, 0.25) is 24.7 Å². The minimum absolute atomic E-state index is 0.0230. The van der Waals surface area contributed by atoms with Crippen LogP contribution in [0, 0.1) is 0 Å². The molecule has 0 aliphatic heterocycles. The molecule has 29 heavy (non-hydrogen) atoms. The lowest BCUT2D eigenvalue weighted by atomic mass is 10.1. The highest BCUT2D eigenvalue weighted by molar-refractivity contribution is 7.20. The van der Waals surface area contributed by atoms with Crippen molar-refractivity contribution in [1.82, 2.24) is 9.55 Å². The van der Waals surface area contributed by atoms with Gasteiger partial charge in [0.1, 0.15) is 11.5 Å². The summed E-state index contributed by atoms with van der Waals surface area (Å²) < 4.78 is 14.7. The molecule has 0 atom stereocenters. The highest BCUT2D eigenvalue weighted by Gasteiger charge is 2.37. The lowest BCUT2D eigenvalue weighted by Crippen LogP contribution is -2.56. The summed E-state index contributed by atoms with van der Waals surface area (Å²) in [6.45, 7) is 9.97. The standard InChI is InChI=1S/C21H25ClN2O3SSi/c1-21(2,19(25)24(3)29(4,5)6)27-16-10-8-15(9-11-16)26-20-23-17-12-7-14(22)13-18(17)28-20/h7-13H,1-6H3. The Hall–Kier alpha value is -2.09. The summed E-state index contributed by atoms with van der Waals surface area (Å²) >= 11 is 7.46. The summed E-state index contributed by atoms with van der Waals surface area (Å²) in [5.41, 5.74) is -0.106. The molecule has 8 heteroatoms. The predicted octanol–water partition coefficient (Wildman–Crippen LogP) is 6.19. The van der Waals surface area contributed by atoms with Crippen LogP contribution in [-0.4, -0.2) is 36.3 Å². The van der Waals surface area contributed by atoms with Gasteiger partial charge in [-0.15, -0.1) is 0 Å². The molecule has 2 aromatic carbocycles. The molecule has 5 nitrogen and oxygen atoms in total. The molecule has 0 aliphatic carbocycles. The zero-order valence-corrected chi connectivity index (χ0v) is 20.0. The van der Waals surface area contributed by atoms with E-state index in [1.165, 1.54) is 11.3 Å². The largest absolute Gasteiger partial charge is 0.478 e. The second-order valence-corrected chi connectivity index (χ2v) is 14.8. The van der Waals surface area contributed by atoms with E-state index in [9.17, 15) is 4.79 Å². The molecule has 0 saturated heterocycles. The first-order valence-corrected chi connectivity index (χ1v) is 13.9. The molecule has 3 rings (SSSR count). The molecule has 154 valence electrons. The molecule has 0 radical (unpaired) electrons. The maximum absolute atomic E-state index is 12.8. The summed E-state index contributed by atoms with van der Waals surface area (Å²) in [7, 11) is 0.0979. The van der Waals surface area contributed by atoms with Crippen molar-refractivity contribution in [2.45, 2.75) is 39.1 Å². The molecule has 0 aliphatic rings. The number of hydrogen-bond donors (Lipinski definition) is 0. The number of nitrogens with zero attached hydrogens (tertiary/aromatic N) is 2. The number of carbonyl (C=O) groups is 1. The minimum Gasteiger partial charge on any atom is -0.478 e. The fourth-order valence-electron chi connectivity index (χ4n) is 2.64. The summed E-state index contributed by atoms with van der Waals surface area (Å²) in [4.78, 5) is 17.3. The van der Waals surface area contributed by atoms with E-state index in [4.69, 9.17) is 21.1 Å². The third-order valence-electron chi connectivity index (χ3n) is 4.56. The number of benzene rings is 2. The van der Waals surface area contributed by atoms with Crippen LogP contribution in [0.15, 0.2) is 42.5 Å². The van der Waals surface area contributed by atoms with Gasteiger partial charge in [0.25, 0.3) is 11.1 Å². The smallest absolute Gasteiger partial charge is 0.279 e. The zero-order chi connectivity index (χ0) is 21.4. The van der Waals surface area contributed by atoms with Gasteiger partial charge in [-0.3, -0.25) is 4.79 Å². The average Bonchev–Trinajstić information content (AvgIpc) is 3.02. The Morgan fingerprint density at radius 1 is 1.10 bits per heavy atom. The van der Waals surface area contributed by atoms with E-state index < -0.39 is 13.8 Å². The first-order chi connectivity index (χ1) is 13.5. The van der Waals surface area contributed by atoms with Crippen LogP contribution < -0.4 is 9.47 Å². The lowest BCUT2D eigenvalue weighted by Gasteiger charge is -2.36. The van der Waals surface area contributed by atoms with Crippen LogP contribution >= 0.6 is 22.9 Å². The number of amides is 1. The van der Waals surface area contributed by atoms with Crippen molar-refractivity contribution in [1.29, 1.82) is 0 Å². The SMILES string of the molecule is CN(C(=O)C(C)(C)Oc1ccc(Oc2nc3ccc(Cl)cc3s2)cc1)[Si](C)(C)C. The van der Waals surface area contributed by atoms with Crippen molar-refractivity contribution in [2.24, 2.45) is 0 Å². The van der Waals surface area contributed by atoms with Crippen LogP contribution in [0.25, 0.3) is 10.2 Å². The number of ether oxygens (including phenoxy) is 2. The van der Waals surface area contributed by atoms with E-state index in [2.05, 4.69) is 24.6 Å². The van der Waals surface area contributed by atoms with Crippen LogP contribution in [0.5, 0.6) is 16.7 Å². The first kappa shape index (κ1) is 21.6. The summed E-state index contributed by atoms with van der Waals surface area (Å²) in [5.74, 6) is 1.23. The molecule has 1 heterocycles. The Kier molecular flexibility index (Phi) is 5.94. The number of carbonyl (C=O) groups excluding carboxylic acids is 1. The summed E-state index contributed by atoms with van der Waals surface area (Å²) in [6, 6.07) is 12.7. The van der Waals surface area contributed by atoms with Gasteiger partial charge in [-0.05, 0) is 56.3 Å². The number of fused-ring (bicyclic) bond motifs is 1. The lowest BCUT2D eigenvalue weighted by molar-refractivity contribution is -0.140. The Morgan fingerprint density at radius 3 is 2.34 bits per heavy atom. The molecular formula is C21H25ClN2O3SSi. The van der Waals surface area contributed by atoms with Gasteiger partial charge in [0.05, 0.1) is 10.2 Å². The van der Waals surface area contributed by atoms with Crippen molar-refractivity contribution < 1.29 is 14.3 Å². The molecule has 3 aromatic rings. The van der Waals surface area contributed by atoms with E-state index >= 15 is 0 Å². The maximum Gasteiger partial charge on any atom is 0.279 e. The second-order valence-electron chi connectivity index (χ2n) is 8.31. The van der Waals surface area contributed by atoms with Gasteiger partial charge in [-0.1, -0.05) is 42.6 Å². The summed E-state index contributed by atoms with van der Waals surface area (Å²) in [5, 5.41) is 1.22. The average molecular weight is 449 g/mol. The summed E-state index contributed by atoms with van der Waals surface area (Å²) in [6.07, 6.45) is 0. The molecule has 0 fully saturated rings. The van der Waals surface area contributed by atoms with Gasteiger partial charge in [-0.25, -0.2) is 4.98 Å². The van der Waals surface area contributed by atoms with Crippen LogP contribution in [0.1, 0.15) is 13.8 Å². The van der Waals surface area contributed by atoms with Crippen molar-refractivity contribution in [3.05, 3.63) is 47.5 Å². The van der Waals surface area contributed by atoms with Crippen LogP contribution in [0.4, 0.5) is 0 Å². The Balaban J connectivity index is 1.70. The number of hydrogen-bond acceptors (Lipinski definition) is 5. The molecule has 0 spiro atoms. The fourth-order valence-corrected chi connectivity index (χ4v) is 4.63. The van der Waals surface area contributed by atoms with Crippen LogP contribution in [-0.2, 0) is 4.79 Å². The zero-order valence-electron chi connectivity index (χ0n) is 17.4. The van der Waals surface area contributed by atoms with Crippen molar-refractivity contribution in [3.63, 3.8) is 0 Å². The molecule has 0 unspecified atom stereocenters.